The molecule has 1 aromatic rings. The molecule has 1 aliphatic rings. The van der Waals surface area contributed by atoms with Gasteiger partial charge in [-0.2, -0.15) is 0 Å². The summed E-state index contributed by atoms with van der Waals surface area (Å²) in [5.74, 6) is -1.33. The Hall–Kier alpha value is -1.96. The highest BCUT2D eigenvalue weighted by molar-refractivity contribution is 9.10. The van der Waals surface area contributed by atoms with Crippen molar-refractivity contribution in [2.45, 2.75) is 25.3 Å². The quantitative estimate of drug-likeness (QED) is 0.659. The molecule has 0 spiro atoms. The van der Waals surface area contributed by atoms with Crippen LogP contribution in [0, 0.1) is 10.1 Å². The highest BCUT2D eigenvalue weighted by Gasteiger charge is 2.31. The fraction of sp³-hybridized carbons (Fsp3) is 0.385. The molecule has 0 radical (unpaired) electrons. The molecule has 21 heavy (non-hydrogen) atoms. The number of hydrogen-bond donors (Lipinski definition) is 1. The molecule has 0 aliphatic carbocycles. The molecule has 1 N–H and O–H groups in total. The van der Waals surface area contributed by atoms with Gasteiger partial charge in [0.15, 0.2) is 0 Å². The summed E-state index contributed by atoms with van der Waals surface area (Å²) in [5, 5.41) is 19.7. The SMILES string of the molecule is O=C(O)CC1CCCN1C(=O)c1cc(Br)cc([N+](=O)[O-])c1. The molecule has 2 rings (SSSR count). The average molecular weight is 357 g/mol. The topological polar surface area (TPSA) is 101 Å². The third kappa shape index (κ3) is 3.57. The first-order chi connectivity index (χ1) is 9.88. The Morgan fingerprint density at radius 2 is 2.14 bits per heavy atom. The lowest BCUT2D eigenvalue weighted by molar-refractivity contribution is -0.385. The van der Waals surface area contributed by atoms with Crippen LogP contribution in [-0.2, 0) is 4.79 Å². The van der Waals surface area contributed by atoms with E-state index in [0.29, 0.717) is 17.4 Å². The number of carbonyl (C=O) groups is 2. The first-order valence-electron chi connectivity index (χ1n) is 6.36. The molecule has 1 saturated heterocycles. The van der Waals surface area contributed by atoms with Crippen molar-refractivity contribution >= 4 is 33.5 Å². The summed E-state index contributed by atoms with van der Waals surface area (Å²) < 4.78 is 0.439. The van der Waals surface area contributed by atoms with Gasteiger partial charge in [0.05, 0.1) is 11.3 Å². The van der Waals surface area contributed by atoms with E-state index in [1.165, 1.54) is 23.1 Å². The molecule has 1 aliphatic heterocycles. The third-order valence-corrected chi connectivity index (χ3v) is 3.85. The lowest BCUT2D eigenvalue weighted by Gasteiger charge is -2.23. The number of nitro groups is 1. The number of non-ortho nitro benzene ring substituents is 1. The number of carboxylic acids is 1. The number of nitrogens with zero attached hydrogens (tertiary/aromatic N) is 2. The van der Waals surface area contributed by atoms with Crippen LogP contribution < -0.4 is 0 Å². The van der Waals surface area contributed by atoms with Crippen LogP contribution in [0.4, 0.5) is 5.69 Å². The number of amides is 1. The Morgan fingerprint density at radius 1 is 1.43 bits per heavy atom. The largest absolute Gasteiger partial charge is 0.481 e. The summed E-state index contributed by atoms with van der Waals surface area (Å²) >= 11 is 3.14. The van der Waals surface area contributed by atoms with Crippen LogP contribution in [0.1, 0.15) is 29.6 Å². The summed E-state index contributed by atoms with van der Waals surface area (Å²) in [4.78, 5) is 35.0. The summed E-state index contributed by atoms with van der Waals surface area (Å²) in [6.45, 7) is 0.469. The number of carboxylic acid groups (broad SMARTS) is 1. The van der Waals surface area contributed by atoms with Gasteiger partial charge in [-0.15, -0.1) is 0 Å². The van der Waals surface area contributed by atoms with Gasteiger partial charge in [-0.05, 0) is 18.9 Å². The van der Waals surface area contributed by atoms with Crippen LogP contribution in [0.3, 0.4) is 0 Å². The number of nitro benzene ring substituents is 1. The zero-order chi connectivity index (χ0) is 15.6. The molecule has 112 valence electrons. The molecule has 0 bridgehead atoms. The number of likely N-dealkylation sites (tertiary alicyclic amines) is 1. The monoisotopic (exact) mass is 356 g/mol. The lowest BCUT2D eigenvalue weighted by atomic mass is 10.1. The second-order valence-electron chi connectivity index (χ2n) is 4.85. The van der Waals surface area contributed by atoms with Crippen molar-refractivity contribution in [1.82, 2.24) is 4.90 Å². The summed E-state index contributed by atoms with van der Waals surface area (Å²) in [6, 6.07) is 3.68. The maximum atomic E-state index is 12.5. The lowest BCUT2D eigenvalue weighted by Crippen LogP contribution is -2.36. The van der Waals surface area contributed by atoms with Crippen molar-refractivity contribution in [3.05, 3.63) is 38.3 Å². The highest BCUT2D eigenvalue weighted by atomic mass is 79.9. The van der Waals surface area contributed by atoms with Gasteiger partial charge in [0.2, 0.25) is 0 Å². The molecular weight excluding hydrogens is 344 g/mol. The molecule has 1 heterocycles. The number of rotatable bonds is 4. The minimum atomic E-state index is -0.958. The number of benzene rings is 1. The molecule has 8 heteroatoms. The third-order valence-electron chi connectivity index (χ3n) is 3.39. The summed E-state index contributed by atoms with van der Waals surface area (Å²) in [5.41, 5.74) is 0.00932. The predicted molar refractivity (Wildman–Crippen MR) is 77.1 cm³/mol. The molecular formula is C13H13BrN2O5. The van der Waals surface area contributed by atoms with E-state index in [4.69, 9.17) is 5.11 Å². The van der Waals surface area contributed by atoms with Gasteiger partial charge < -0.3 is 10.0 Å². The maximum absolute atomic E-state index is 12.5. The number of halogens is 1. The number of carbonyl (C=O) groups excluding carboxylic acids is 1. The smallest absolute Gasteiger partial charge is 0.305 e. The van der Waals surface area contributed by atoms with Crippen molar-refractivity contribution in [1.29, 1.82) is 0 Å². The zero-order valence-corrected chi connectivity index (χ0v) is 12.6. The van der Waals surface area contributed by atoms with E-state index < -0.39 is 10.9 Å². The van der Waals surface area contributed by atoms with Gasteiger partial charge in [-0.25, -0.2) is 0 Å². The van der Waals surface area contributed by atoms with Crippen LogP contribution in [0.5, 0.6) is 0 Å². The molecule has 1 atom stereocenters. The van der Waals surface area contributed by atoms with Crippen LogP contribution in [0.25, 0.3) is 0 Å². The Labute approximate surface area is 128 Å². The van der Waals surface area contributed by atoms with E-state index in [0.717, 1.165) is 6.42 Å². The number of hydrogen-bond acceptors (Lipinski definition) is 4. The average Bonchev–Trinajstić information content (AvgIpc) is 2.84. The van der Waals surface area contributed by atoms with Gasteiger partial charge >= 0.3 is 5.97 Å². The van der Waals surface area contributed by atoms with Crippen molar-refractivity contribution in [2.75, 3.05) is 6.54 Å². The van der Waals surface area contributed by atoms with Crippen LogP contribution in [-0.4, -0.2) is 39.4 Å². The maximum Gasteiger partial charge on any atom is 0.305 e. The van der Waals surface area contributed by atoms with Crippen LogP contribution >= 0.6 is 15.9 Å². The Balaban J connectivity index is 2.27. The van der Waals surface area contributed by atoms with E-state index in [9.17, 15) is 19.7 Å². The van der Waals surface area contributed by atoms with E-state index in [1.54, 1.807) is 0 Å². The first kappa shape index (κ1) is 15.4. The minimum absolute atomic E-state index is 0.109. The van der Waals surface area contributed by atoms with Gasteiger partial charge in [-0.3, -0.25) is 19.7 Å². The summed E-state index contributed by atoms with van der Waals surface area (Å²) in [6.07, 6.45) is 1.26. The second-order valence-corrected chi connectivity index (χ2v) is 5.76. The zero-order valence-electron chi connectivity index (χ0n) is 11.0. The van der Waals surface area contributed by atoms with Gasteiger partial charge in [0.25, 0.3) is 11.6 Å². The second kappa shape index (κ2) is 6.21. The van der Waals surface area contributed by atoms with Crippen molar-refractivity contribution < 1.29 is 19.6 Å². The fourth-order valence-corrected chi connectivity index (χ4v) is 2.97. The molecule has 1 aromatic carbocycles. The van der Waals surface area contributed by atoms with E-state index in [1.807, 2.05) is 0 Å². The molecule has 7 nitrogen and oxygen atoms in total. The molecule has 0 saturated carbocycles. The van der Waals surface area contributed by atoms with E-state index in [-0.39, 0.29) is 29.6 Å². The molecule has 1 amide bonds. The van der Waals surface area contributed by atoms with Crippen molar-refractivity contribution in [3.8, 4) is 0 Å². The van der Waals surface area contributed by atoms with Gasteiger partial charge in [0.1, 0.15) is 0 Å². The minimum Gasteiger partial charge on any atom is -0.481 e. The van der Waals surface area contributed by atoms with Gasteiger partial charge in [-0.1, -0.05) is 15.9 Å². The van der Waals surface area contributed by atoms with E-state index in [2.05, 4.69) is 15.9 Å². The Morgan fingerprint density at radius 3 is 2.76 bits per heavy atom. The molecule has 0 aromatic heterocycles. The number of aliphatic carboxylic acids is 1. The fourth-order valence-electron chi connectivity index (χ4n) is 2.49. The highest BCUT2D eigenvalue weighted by Crippen LogP contribution is 2.26. The summed E-state index contributed by atoms with van der Waals surface area (Å²) in [7, 11) is 0. The molecule has 1 unspecified atom stereocenters. The first-order valence-corrected chi connectivity index (χ1v) is 7.15. The predicted octanol–water partition coefficient (Wildman–Crippen LogP) is 2.44. The van der Waals surface area contributed by atoms with Crippen LogP contribution in [0.2, 0.25) is 0 Å². The van der Waals surface area contributed by atoms with Crippen LogP contribution in [0.15, 0.2) is 22.7 Å². The normalized spacial score (nSPS) is 17.8. The Kier molecular flexibility index (Phi) is 4.56. The standard InChI is InChI=1S/C13H13BrN2O5/c14-9-4-8(5-11(6-9)16(20)21)13(19)15-3-1-2-10(15)7-12(17)18/h4-6,10H,1-3,7H2,(H,17,18). The van der Waals surface area contributed by atoms with E-state index >= 15 is 0 Å². The van der Waals surface area contributed by atoms with Gasteiger partial charge in [0, 0.05) is 34.8 Å². The van der Waals surface area contributed by atoms with Crippen molar-refractivity contribution in [2.24, 2.45) is 0 Å². The molecule has 1 fully saturated rings. The van der Waals surface area contributed by atoms with Crippen molar-refractivity contribution in [3.63, 3.8) is 0 Å². The Bertz CT molecular complexity index is 604.